The van der Waals surface area contributed by atoms with Gasteiger partial charge in [0.15, 0.2) is 5.82 Å². The Balaban J connectivity index is 1.93. The van der Waals surface area contributed by atoms with Crippen LogP contribution in [0.1, 0.15) is 19.4 Å². The minimum absolute atomic E-state index is 0.0152. The summed E-state index contributed by atoms with van der Waals surface area (Å²) in [6.45, 7) is 6.12. The third kappa shape index (κ3) is 4.01. The van der Waals surface area contributed by atoms with Crippen LogP contribution in [0.15, 0.2) is 47.6 Å². The van der Waals surface area contributed by atoms with Crippen molar-refractivity contribution >= 4 is 24.1 Å². The summed E-state index contributed by atoms with van der Waals surface area (Å²) in [5.74, 6) is 0.484. The van der Waals surface area contributed by atoms with Gasteiger partial charge in [0.1, 0.15) is 11.5 Å². The second kappa shape index (κ2) is 8.05. The molecule has 0 unspecified atom stereocenters. The molecule has 0 saturated carbocycles. The fraction of sp³-hybridized carbons (Fsp3) is 0.211. The van der Waals surface area contributed by atoms with Crippen molar-refractivity contribution in [2.75, 3.05) is 18.0 Å². The Labute approximate surface area is 162 Å². The van der Waals surface area contributed by atoms with Crippen molar-refractivity contribution < 1.29 is 10.2 Å². The average Bonchev–Trinajstić information content (AvgIpc) is 3.03. The highest BCUT2D eigenvalue weighted by Gasteiger charge is 2.10. The quantitative estimate of drug-likeness (QED) is 0.446. The number of rotatable bonds is 6. The molecule has 0 spiro atoms. The maximum absolute atomic E-state index is 9.89. The van der Waals surface area contributed by atoms with E-state index in [2.05, 4.69) is 34.0 Å². The largest absolute Gasteiger partial charge is 0.508 e. The molecule has 0 aliphatic rings. The Kier molecular flexibility index (Phi) is 5.56. The number of phenols is 2. The lowest BCUT2D eigenvalue weighted by atomic mass is 10.2. The molecular weight excluding hydrogens is 362 g/mol. The lowest BCUT2D eigenvalue weighted by Gasteiger charge is -2.20. The average molecular weight is 383 g/mol. The van der Waals surface area contributed by atoms with Gasteiger partial charge in [0.25, 0.3) is 0 Å². The molecule has 0 bridgehead atoms. The summed E-state index contributed by atoms with van der Waals surface area (Å²) in [6.07, 6.45) is 1.47. The van der Waals surface area contributed by atoms with E-state index in [9.17, 15) is 10.2 Å². The third-order valence-electron chi connectivity index (χ3n) is 4.23. The second-order valence-corrected chi connectivity index (χ2v) is 6.26. The van der Waals surface area contributed by atoms with E-state index >= 15 is 0 Å². The molecule has 3 N–H and O–H groups in total. The van der Waals surface area contributed by atoms with Gasteiger partial charge in [-0.1, -0.05) is 0 Å². The van der Waals surface area contributed by atoms with Gasteiger partial charge in [-0.25, -0.2) is 5.10 Å². The summed E-state index contributed by atoms with van der Waals surface area (Å²) in [4.78, 5) is 2.26. The summed E-state index contributed by atoms with van der Waals surface area (Å²) in [7, 11) is 0. The van der Waals surface area contributed by atoms with Crippen LogP contribution in [0.5, 0.6) is 11.5 Å². The molecule has 0 radical (unpaired) electrons. The van der Waals surface area contributed by atoms with Gasteiger partial charge in [0.05, 0.1) is 6.21 Å². The molecule has 1 heterocycles. The summed E-state index contributed by atoms with van der Waals surface area (Å²) in [5, 5.41) is 30.6. The van der Waals surface area contributed by atoms with E-state index in [0.29, 0.717) is 16.2 Å². The summed E-state index contributed by atoms with van der Waals surface area (Å²) >= 11 is 5.27. The molecule has 0 amide bonds. The maximum Gasteiger partial charge on any atom is 0.216 e. The molecule has 0 atom stereocenters. The first-order valence-corrected chi connectivity index (χ1v) is 9.03. The standard InChI is InChI=1S/C19H21N5O2S/c1-3-23(4-2)15-8-5-13(6-9-15)18-21-22-19(27)24(18)20-12-14-7-10-16(25)11-17(14)26/h5-12,25-26H,3-4H2,1-2H3,(H,22,27)/b20-12+. The highest BCUT2D eigenvalue weighted by atomic mass is 32.1. The Morgan fingerprint density at radius 1 is 1.15 bits per heavy atom. The van der Waals surface area contributed by atoms with Crippen LogP contribution in [0.25, 0.3) is 11.4 Å². The Morgan fingerprint density at radius 3 is 2.48 bits per heavy atom. The van der Waals surface area contributed by atoms with Gasteiger partial charge in [0.2, 0.25) is 4.77 Å². The minimum atomic E-state index is -0.0705. The van der Waals surface area contributed by atoms with Gasteiger partial charge < -0.3 is 15.1 Å². The van der Waals surface area contributed by atoms with Crippen LogP contribution in [-0.2, 0) is 0 Å². The summed E-state index contributed by atoms with van der Waals surface area (Å²) in [6, 6.07) is 12.3. The molecule has 0 fully saturated rings. The number of anilines is 1. The second-order valence-electron chi connectivity index (χ2n) is 5.87. The monoisotopic (exact) mass is 383 g/mol. The van der Waals surface area contributed by atoms with Crippen molar-refractivity contribution in [3.8, 4) is 22.9 Å². The van der Waals surface area contributed by atoms with E-state index in [1.165, 1.54) is 23.0 Å². The van der Waals surface area contributed by atoms with E-state index in [1.54, 1.807) is 6.07 Å². The molecule has 3 rings (SSSR count). The van der Waals surface area contributed by atoms with Gasteiger partial charge in [-0.05, 0) is 62.5 Å². The molecule has 0 aliphatic heterocycles. The molecular formula is C19H21N5O2S. The number of nitrogens with zero attached hydrogens (tertiary/aromatic N) is 4. The molecule has 27 heavy (non-hydrogen) atoms. The first-order chi connectivity index (χ1) is 13.0. The van der Waals surface area contributed by atoms with Crippen LogP contribution in [0.4, 0.5) is 5.69 Å². The van der Waals surface area contributed by atoms with Gasteiger partial charge in [0, 0.05) is 36.0 Å². The van der Waals surface area contributed by atoms with E-state index < -0.39 is 0 Å². The first kappa shape index (κ1) is 18.7. The van der Waals surface area contributed by atoms with Crippen LogP contribution in [-0.4, -0.2) is 44.4 Å². The Bertz CT molecular complexity index is 1000. The van der Waals surface area contributed by atoms with Crippen LogP contribution >= 0.6 is 12.2 Å². The highest BCUT2D eigenvalue weighted by Crippen LogP contribution is 2.23. The van der Waals surface area contributed by atoms with Crippen molar-refractivity contribution in [3.63, 3.8) is 0 Å². The van der Waals surface area contributed by atoms with Crippen LogP contribution in [0.2, 0.25) is 0 Å². The molecule has 0 aliphatic carbocycles. The van der Waals surface area contributed by atoms with E-state index in [-0.39, 0.29) is 11.5 Å². The topological polar surface area (TPSA) is 89.7 Å². The van der Waals surface area contributed by atoms with Gasteiger partial charge in [-0.15, -0.1) is 0 Å². The zero-order valence-corrected chi connectivity index (χ0v) is 15.9. The fourth-order valence-corrected chi connectivity index (χ4v) is 2.94. The number of aromatic nitrogens is 3. The molecule has 7 nitrogen and oxygen atoms in total. The third-order valence-corrected chi connectivity index (χ3v) is 4.50. The molecule has 1 aromatic heterocycles. The van der Waals surface area contributed by atoms with Gasteiger partial charge in [-0.2, -0.15) is 14.9 Å². The van der Waals surface area contributed by atoms with E-state index in [1.807, 2.05) is 24.3 Å². The van der Waals surface area contributed by atoms with Crippen LogP contribution in [0.3, 0.4) is 0 Å². The zero-order chi connectivity index (χ0) is 19.4. The van der Waals surface area contributed by atoms with Crippen molar-refractivity contribution in [1.82, 2.24) is 14.9 Å². The first-order valence-electron chi connectivity index (χ1n) is 8.62. The van der Waals surface area contributed by atoms with Crippen LogP contribution in [0, 0.1) is 4.77 Å². The molecule has 3 aromatic rings. The fourth-order valence-electron chi connectivity index (χ4n) is 2.76. The molecule has 0 saturated heterocycles. The summed E-state index contributed by atoms with van der Waals surface area (Å²) < 4.78 is 1.83. The maximum atomic E-state index is 9.89. The molecule has 140 valence electrons. The van der Waals surface area contributed by atoms with Gasteiger partial charge >= 0.3 is 0 Å². The lowest BCUT2D eigenvalue weighted by Crippen LogP contribution is -2.21. The number of phenolic OH excluding ortho intramolecular Hbond substituents is 2. The summed E-state index contributed by atoms with van der Waals surface area (Å²) in [5.41, 5.74) is 2.46. The SMILES string of the molecule is CCN(CC)c1ccc(-c2n[nH]c(=S)n2/N=C/c2ccc(O)cc2O)cc1. The van der Waals surface area contributed by atoms with Gasteiger partial charge in [-0.3, -0.25) is 0 Å². The van der Waals surface area contributed by atoms with Crippen molar-refractivity contribution in [3.05, 3.63) is 52.8 Å². The molecule has 2 aromatic carbocycles. The smallest absolute Gasteiger partial charge is 0.216 e. The van der Waals surface area contributed by atoms with Crippen molar-refractivity contribution in [2.24, 2.45) is 5.10 Å². The number of benzene rings is 2. The number of aromatic hydroxyl groups is 2. The number of hydrogen-bond acceptors (Lipinski definition) is 6. The number of nitrogens with one attached hydrogen (secondary N) is 1. The molecule has 8 heteroatoms. The van der Waals surface area contributed by atoms with Crippen LogP contribution < -0.4 is 4.90 Å². The number of H-pyrrole nitrogens is 1. The normalized spacial score (nSPS) is 11.2. The number of hydrogen-bond donors (Lipinski definition) is 3. The Hall–Kier alpha value is -3.13. The van der Waals surface area contributed by atoms with Crippen molar-refractivity contribution in [2.45, 2.75) is 13.8 Å². The van der Waals surface area contributed by atoms with Crippen molar-refractivity contribution in [1.29, 1.82) is 0 Å². The lowest BCUT2D eigenvalue weighted by molar-refractivity contribution is 0.450. The highest BCUT2D eigenvalue weighted by molar-refractivity contribution is 7.71. The predicted molar refractivity (Wildman–Crippen MR) is 109 cm³/mol. The predicted octanol–water partition coefficient (Wildman–Crippen LogP) is 3.75. The zero-order valence-electron chi connectivity index (χ0n) is 15.1. The Morgan fingerprint density at radius 2 is 1.85 bits per heavy atom. The van der Waals surface area contributed by atoms with E-state index in [4.69, 9.17) is 12.2 Å². The minimum Gasteiger partial charge on any atom is -0.508 e. The van der Waals surface area contributed by atoms with E-state index in [0.717, 1.165) is 24.3 Å². The number of aromatic amines is 1.